The first kappa shape index (κ1) is 7.98. The Balaban J connectivity index is 2.53. The zero-order chi connectivity index (χ0) is 7.78. The van der Waals surface area contributed by atoms with Gasteiger partial charge in [0.1, 0.15) is 0 Å². The summed E-state index contributed by atoms with van der Waals surface area (Å²) >= 11 is 0. The Kier molecular flexibility index (Phi) is 1.99. The molecule has 3 N–H and O–H groups in total. The summed E-state index contributed by atoms with van der Waals surface area (Å²) in [6.07, 6.45) is 0.360. The van der Waals surface area contributed by atoms with E-state index >= 15 is 0 Å². The Labute approximate surface area is 60.3 Å². The maximum absolute atomic E-state index is 9.40. The Morgan fingerprint density at radius 2 is 2.20 bits per heavy atom. The van der Waals surface area contributed by atoms with Gasteiger partial charge < -0.3 is 15.3 Å². The van der Waals surface area contributed by atoms with Crippen LogP contribution in [0.2, 0.25) is 0 Å². The van der Waals surface area contributed by atoms with Crippen LogP contribution < -0.4 is 0 Å². The van der Waals surface area contributed by atoms with Crippen molar-refractivity contribution in [3.63, 3.8) is 0 Å². The molecule has 0 aromatic rings. The molecule has 1 saturated carbocycles. The van der Waals surface area contributed by atoms with Crippen molar-refractivity contribution in [3.05, 3.63) is 0 Å². The molecule has 60 valence electrons. The topological polar surface area (TPSA) is 60.7 Å². The lowest BCUT2D eigenvalue weighted by molar-refractivity contribution is -0.0387. The molecule has 3 heteroatoms. The highest BCUT2D eigenvalue weighted by Crippen LogP contribution is 2.33. The molecule has 1 fully saturated rings. The van der Waals surface area contributed by atoms with Crippen LogP contribution in [0.1, 0.15) is 19.8 Å². The monoisotopic (exact) mass is 146 g/mol. The average Bonchev–Trinajstić information content (AvgIpc) is 2.08. The molecule has 1 aliphatic rings. The molecule has 0 bridgehead atoms. The second-order valence-electron chi connectivity index (χ2n) is 3.36. The van der Waals surface area contributed by atoms with Crippen molar-refractivity contribution in [2.75, 3.05) is 6.61 Å². The zero-order valence-corrected chi connectivity index (χ0v) is 6.12. The van der Waals surface area contributed by atoms with Crippen molar-refractivity contribution in [2.24, 2.45) is 5.92 Å². The van der Waals surface area contributed by atoms with Gasteiger partial charge in [-0.25, -0.2) is 0 Å². The molecule has 3 nitrogen and oxygen atoms in total. The van der Waals surface area contributed by atoms with Crippen molar-refractivity contribution >= 4 is 0 Å². The van der Waals surface area contributed by atoms with Crippen LogP contribution in [-0.2, 0) is 0 Å². The van der Waals surface area contributed by atoms with E-state index in [9.17, 15) is 10.2 Å². The van der Waals surface area contributed by atoms with E-state index < -0.39 is 11.7 Å². The molecule has 0 aliphatic heterocycles. The van der Waals surface area contributed by atoms with Crippen LogP contribution in [0.25, 0.3) is 0 Å². The molecule has 0 amide bonds. The van der Waals surface area contributed by atoms with E-state index in [2.05, 4.69) is 0 Å². The minimum atomic E-state index is -0.979. The molecule has 0 heterocycles. The molecule has 10 heavy (non-hydrogen) atoms. The van der Waals surface area contributed by atoms with Crippen LogP contribution in [0.4, 0.5) is 0 Å². The van der Waals surface area contributed by atoms with Gasteiger partial charge in [0.25, 0.3) is 0 Å². The fourth-order valence-electron chi connectivity index (χ4n) is 1.51. The van der Waals surface area contributed by atoms with Crippen molar-refractivity contribution < 1.29 is 15.3 Å². The van der Waals surface area contributed by atoms with Gasteiger partial charge in [0.2, 0.25) is 0 Å². The maximum Gasteiger partial charge on any atom is 0.0881 e. The van der Waals surface area contributed by atoms with Crippen LogP contribution in [0.3, 0.4) is 0 Å². The summed E-state index contributed by atoms with van der Waals surface area (Å²) in [7, 11) is 0. The van der Waals surface area contributed by atoms with Gasteiger partial charge in [0, 0.05) is 6.61 Å². The Hall–Kier alpha value is -0.120. The van der Waals surface area contributed by atoms with Crippen molar-refractivity contribution in [2.45, 2.75) is 31.5 Å². The number of hydrogen-bond donors (Lipinski definition) is 3. The minimum Gasteiger partial charge on any atom is -0.396 e. The normalized spacial score (nSPS) is 48.0. The third kappa shape index (κ3) is 1.31. The van der Waals surface area contributed by atoms with E-state index in [0.717, 1.165) is 0 Å². The number of hydrogen-bond acceptors (Lipinski definition) is 3. The van der Waals surface area contributed by atoms with Crippen LogP contribution in [0.15, 0.2) is 0 Å². The molecule has 0 aromatic carbocycles. The Bertz CT molecular complexity index is 122. The second kappa shape index (κ2) is 2.49. The second-order valence-corrected chi connectivity index (χ2v) is 3.36. The molecule has 1 unspecified atom stereocenters. The standard InChI is InChI=1S/C7H14O3/c1-7(10)3-5(4-8)2-6(7)9/h5-6,8-10H,2-4H2,1H3/t5-,6-,7?/m0/s1. The fraction of sp³-hybridized carbons (Fsp3) is 1.00. The highest BCUT2D eigenvalue weighted by molar-refractivity contribution is 4.92. The van der Waals surface area contributed by atoms with E-state index in [1.54, 1.807) is 6.92 Å². The smallest absolute Gasteiger partial charge is 0.0881 e. The van der Waals surface area contributed by atoms with Gasteiger partial charge in [0.15, 0.2) is 0 Å². The predicted octanol–water partition coefficient (Wildman–Crippen LogP) is -0.499. The number of rotatable bonds is 1. The molecule has 1 aliphatic carbocycles. The molecule has 0 saturated heterocycles. The van der Waals surface area contributed by atoms with Gasteiger partial charge in [-0.1, -0.05) is 0 Å². The van der Waals surface area contributed by atoms with E-state index in [1.165, 1.54) is 0 Å². The summed E-state index contributed by atoms with van der Waals surface area (Å²) in [5.74, 6) is 0.0741. The summed E-state index contributed by atoms with van der Waals surface area (Å²) in [5, 5.41) is 27.3. The molecule has 0 aromatic heterocycles. The van der Waals surface area contributed by atoms with Gasteiger partial charge in [-0.2, -0.15) is 0 Å². The van der Waals surface area contributed by atoms with E-state index in [0.29, 0.717) is 12.8 Å². The third-order valence-corrected chi connectivity index (χ3v) is 2.23. The summed E-state index contributed by atoms with van der Waals surface area (Å²) in [5.41, 5.74) is -0.979. The van der Waals surface area contributed by atoms with Gasteiger partial charge in [0.05, 0.1) is 11.7 Å². The Morgan fingerprint density at radius 1 is 1.60 bits per heavy atom. The molecular formula is C7H14O3. The zero-order valence-electron chi connectivity index (χ0n) is 6.12. The molecule has 0 spiro atoms. The van der Waals surface area contributed by atoms with Crippen LogP contribution in [0, 0.1) is 5.92 Å². The Morgan fingerprint density at radius 3 is 2.40 bits per heavy atom. The minimum absolute atomic E-state index is 0.0627. The largest absolute Gasteiger partial charge is 0.396 e. The van der Waals surface area contributed by atoms with E-state index in [1.807, 2.05) is 0 Å². The van der Waals surface area contributed by atoms with E-state index in [4.69, 9.17) is 5.11 Å². The predicted molar refractivity (Wildman–Crippen MR) is 36.4 cm³/mol. The lowest BCUT2D eigenvalue weighted by atomic mass is 10.0. The maximum atomic E-state index is 9.40. The highest BCUT2D eigenvalue weighted by Gasteiger charge is 2.40. The first-order valence-electron chi connectivity index (χ1n) is 3.57. The first-order valence-corrected chi connectivity index (χ1v) is 3.57. The summed E-state index contributed by atoms with van der Waals surface area (Å²) < 4.78 is 0. The molecule has 1 rings (SSSR count). The van der Waals surface area contributed by atoms with Gasteiger partial charge >= 0.3 is 0 Å². The van der Waals surface area contributed by atoms with E-state index in [-0.39, 0.29) is 12.5 Å². The average molecular weight is 146 g/mol. The summed E-state index contributed by atoms with van der Waals surface area (Å²) in [4.78, 5) is 0. The van der Waals surface area contributed by atoms with Gasteiger partial charge in [-0.05, 0) is 25.7 Å². The van der Waals surface area contributed by atoms with Gasteiger partial charge in [-0.3, -0.25) is 0 Å². The summed E-state index contributed by atoms with van der Waals surface area (Å²) in [6, 6.07) is 0. The highest BCUT2D eigenvalue weighted by atomic mass is 16.3. The van der Waals surface area contributed by atoms with Crippen LogP contribution in [-0.4, -0.2) is 33.6 Å². The van der Waals surface area contributed by atoms with Crippen molar-refractivity contribution in [1.82, 2.24) is 0 Å². The third-order valence-electron chi connectivity index (χ3n) is 2.23. The summed E-state index contributed by atoms with van der Waals surface area (Å²) in [6.45, 7) is 1.67. The quantitative estimate of drug-likeness (QED) is 0.467. The lowest BCUT2D eigenvalue weighted by Crippen LogP contribution is -2.33. The van der Waals surface area contributed by atoms with Crippen LogP contribution in [0.5, 0.6) is 0 Å². The van der Waals surface area contributed by atoms with Crippen LogP contribution >= 0.6 is 0 Å². The fourth-order valence-corrected chi connectivity index (χ4v) is 1.51. The van der Waals surface area contributed by atoms with Gasteiger partial charge in [-0.15, -0.1) is 0 Å². The molecular weight excluding hydrogens is 132 g/mol. The van der Waals surface area contributed by atoms with Crippen molar-refractivity contribution in [3.8, 4) is 0 Å². The first-order chi connectivity index (χ1) is 4.56. The SMILES string of the molecule is CC1(O)C[C@@H](CO)C[C@@H]1O. The molecule has 0 radical (unpaired) electrons. The molecule has 3 atom stereocenters. The van der Waals surface area contributed by atoms with Crippen molar-refractivity contribution in [1.29, 1.82) is 0 Å². The number of aliphatic hydroxyl groups excluding tert-OH is 2. The lowest BCUT2D eigenvalue weighted by Gasteiger charge is -2.19. The number of aliphatic hydroxyl groups is 3.